The molecule has 0 aromatic heterocycles. The highest BCUT2D eigenvalue weighted by molar-refractivity contribution is 5.85. The number of aryl methyl sites for hydroxylation is 1. The molecule has 3 aromatic carbocycles. The first-order valence-corrected chi connectivity index (χ1v) is 7.98. The molecule has 0 unspecified atom stereocenters. The van der Waals surface area contributed by atoms with Gasteiger partial charge in [0.2, 0.25) is 0 Å². The van der Waals surface area contributed by atoms with Crippen molar-refractivity contribution in [1.82, 2.24) is 0 Å². The largest absolute Gasteiger partial charge is 0.207 e. The first kappa shape index (κ1) is 16.2. The minimum Gasteiger partial charge on any atom is -0.207 e. The van der Waals surface area contributed by atoms with Crippen molar-refractivity contribution in [3.8, 4) is 0 Å². The lowest BCUT2D eigenvalue weighted by atomic mass is 10.00. The molecule has 3 rings (SSSR count). The molecule has 3 aromatic rings. The van der Waals surface area contributed by atoms with Gasteiger partial charge in [0, 0.05) is 0 Å². The van der Waals surface area contributed by atoms with Gasteiger partial charge in [-0.25, -0.2) is 4.39 Å². The normalized spacial score (nSPS) is 10.1. The standard InChI is InChI=1S/C15H18.C6H5F/c1-2-3-4-8-13-10-7-11-14-9-5-6-12-15(13)14;7-6-4-2-1-3-5-6/h5-7,9-12H,2-4,8H2,1H3;1-5H. The molecule has 0 aliphatic rings. The van der Waals surface area contributed by atoms with Crippen LogP contribution in [0.2, 0.25) is 0 Å². The van der Waals surface area contributed by atoms with Gasteiger partial charge in [-0.15, -0.1) is 0 Å². The second-order valence-electron chi connectivity index (χ2n) is 5.39. The zero-order chi connectivity index (χ0) is 15.6. The molecule has 0 atom stereocenters. The van der Waals surface area contributed by atoms with E-state index in [-0.39, 0.29) is 5.82 Å². The van der Waals surface area contributed by atoms with E-state index in [2.05, 4.69) is 49.4 Å². The van der Waals surface area contributed by atoms with Crippen molar-refractivity contribution >= 4 is 10.8 Å². The lowest BCUT2D eigenvalue weighted by Gasteiger charge is -2.05. The van der Waals surface area contributed by atoms with Crippen LogP contribution in [0.3, 0.4) is 0 Å². The Morgan fingerprint density at radius 2 is 1.41 bits per heavy atom. The van der Waals surface area contributed by atoms with Crippen molar-refractivity contribution in [1.29, 1.82) is 0 Å². The molecule has 0 heterocycles. The predicted octanol–water partition coefficient (Wildman–Crippen LogP) is 6.40. The van der Waals surface area contributed by atoms with Crippen molar-refractivity contribution in [3.63, 3.8) is 0 Å². The van der Waals surface area contributed by atoms with Crippen molar-refractivity contribution in [2.24, 2.45) is 0 Å². The number of hydrogen-bond acceptors (Lipinski definition) is 0. The van der Waals surface area contributed by atoms with Gasteiger partial charge in [0.05, 0.1) is 0 Å². The number of halogens is 1. The first-order chi connectivity index (χ1) is 10.8. The highest BCUT2D eigenvalue weighted by Gasteiger charge is 1.99. The number of benzene rings is 3. The predicted molar refractivity (Wildman–Crippen MR) is 93.6 cm³/mol. The summed E-state index contributed by atoms with van der Waals surface area (Å²) in [6.07, 6.45) is 5.16. The summed E-state index contributed by atoms with van der Waals surface area (Å²) in [7, 11) is 0. The van der Waals surface area contributed by atoms with Gasteiger partial charge < -0.3 is 0 Å². The van der Waals surface area contributed by atoms with Crippen LogP contribution in [0.25, 0.3) is 10.8 Å². The van der Waals surface area contributed by atoms with Crippen LogP contribution in [-0.4, -0.2) is 0 Å². The van der Waals surface area contributed by atoms with E-state index in [0.717, 1.165) is 0 Å². The van der Waals surface area contributed by atoms with Gasteiger partial charge >= 0.3 is 0 Å². The van der Waals surface area contributed by atoms with Crippen molar-refractivity contribution in [2.75, 3.05) is 0 Å². The summed E-state index contributed by atoms with van der Waals surface area (Å²) in [4.78, 5) is 0. The van der Waals surface area contributed by atoms with Crippen LogP contribution in [0.5, 0.6) is 0 Å². The molecule has 0 saturated carbocycles. The zero-order valence-corrected chi connectivity index (χ0v) is 13.1. The average molecular weight is 294 g/mol. The van der Waals surface area contributed by atoms with Gasteiger partial charge in [-0.05, 0) is 41.3 Å². The quantitative estimate of drug-likeness (QED) is 0.488. The number of fused-ring (bicyclic) bond motifs is 1. The Kier molecular flexibility index (Phi) is 6.63. The highest BCUT2D eigenvalue weighted by Crippen LogP contribution is 2.20. The van der Waals surface area contributed by atoms with Crippen LogP contribution < -0.4 is 0 Å². The van der Waals surface area contributed by atoms with Crippen LogP contribution in [-0.2, 0) is 6.42 Å². The summed E-state index contributed by atoms with van der Waals surface area (Å²) < 4.78 is 11.9. The van der Waals surface area contributed by atoms with Crippen LogP contribution >= 0.6 is 0 Å². The third kappa shape index (κ3) is 5.00. The lowest BCUT2D eigenvalue weighted by molar-refractivity contribution is 0.628. The van der Waals surface area contributed by atoms with Crippen molar-refractivity contribution in [2.45, 2.75) is 32.6 Å². The Balaban J connectivity index is 0.000000211. The van der Waals surface area contributed by atoms with Gasteiger partial charge in [-0.3, -0.25) is 0 Å². The monoisotopic (exact) mass is 294 g/mol. The molecule has 0 aliphatic heterocycles. The van der Waals surface area contributed by atoms with E-state index in [1.807, 2.05) is 0 Å². The number of rotatable bonds is 4. The maximum absolute atomic E-state index is 11.9. The molecule has 0 aliphatic carbocycles. The molecule has 0 bridgehead atoms. The third-order valence-corrected chi connectivity index (χ3v) is 3.66. The molecular formula is C21H23F. The molecule has 114 valence electrons. The van der Waals surface area contributed by atoms with Crippen LogP contribution in [0, 0.1) is 5.82 Å². The fourth-order valence-electron chi connectivity index (χ4n) is 2.49. The second-order valence-corrected chi connectivity index (χ2v) is 5.39. The summed E-state index contributed by atoms with van der Waals surface area (Å²) in [6.45, 7) is 2.25. The van der Waals surface area contributed by atoms with Crippen molar-refractivity contribution in [3.05, 3.63) is 84.2 Å². The summed E-state index contributed by atoms with van der Waals surface area (Å²) in [5.74, 6) is -0.178. The second kappa shape index (κ2) is 8.99. The fourth-order valence-corrected chi connectivity index (χ4v) is 2.49. The van der Waals surface area contributed by atoms with Crippen LogP contribution in [0.15, 0.2) is 72.8 Å². The Bertz CT molecular complexity index is 668. The smallest absolute Gasteiger partial charge is 0.123 e. The van der Waals surface area contributed by atoms with E-state index >= 15 is 0 Å². The van der Waals surface area contributed by atoms with E-state index in [0.29, 0.717) is 0 Å². The molecule has 0 radical (unpaired) electrons. The number of unbranched alkanes of at least 4 members (excludes halogenated alkanes) is 2. The van der Waals surface area contributed by atoms with Crippen molar-refractivity contribution < 1.29 is 4.39 Å². The minimum atomic E-state index is -0.178. The number of hydrogen-bond donors (Lipinski definition) is 0. The molecule has 0 saturated heterocycles. The zero-order valence-electron chi connectivity index (χ0n) is 13.1. The fraction of sp³-hybridized carbons (Fsp3) is 0.238. The van der Waals surface area contributed by atoms with E-state index in [1.54, 1.807) is 18.2 Å². The molecule has 0 N–H and O–H groups in total. The van der Waals surface area contributed by atoms with Gasteiger partial charge in [-0.2, -0.15) is 0 Å². The minimum absolute atomic E-state index is 0.178. The lowest BCUT2D eigenvalue weighted by Crippen LogP contribution is -1.87. The molecule has 0 amide bonds. The first-order valence-electron chi connectivity index (χ1n) is 7.98. The summed E-state index contributed by atoms with van der Waals surface area (Å²) >= 11 is 0. The molecule has 22 heavy (non-hydrogen) atoms. The maximum atomic E-state index is 11.9. The SMILES string of the molecule is CCCCCc1cccc2ccccc12.Fc1ccccc1. The third-order valence-electron chi connectivity index (χ3n) is 3.66. The Morgan fingerprint density at radius 1 is 0.727 bits per heavy atom. The Hall–Kier alpha value is -2.15. The molecule has 1 heteroatoms. The highest BCUT2D eigenvalue weighted by atomic mass is 19.1. The van der Waals surface area contributed by atoms with E-state index in [9.17, 15) is 4.39 Å². The van der Waals surface area contributed by atoms with Gasteiger partial charge in [0.15, 0.2) is 0 Å². The van der Waals surface area contributed by atoms with E-state index in [1.165, 1.54) is 54.2 Å². The summed E-state index contributed by atoms with van der Waals surface area (Å²) in [6, 6.07) is 23.2. The van der Waals surface area contributed by atoms with Crippen LogP contribution in [0.4, 0.5) is 4.39 Å². The topological polar surface area (TPSA) is 0 Å². The van der Waals surface area contributed by atoms with Gasteiger partial charge in [-0.1, -0.05) is 80.4 Å². The molecular weight excluding hydrogens is 271 g/mol. The van der Waals surface area contributed by atoms with Crippen LogP contribution in [0.1, 0.15) is 31.7 Å². The summed E-state index contributed by atoms with van der Waals surface area (Å²) in [5, 5.41) is 2.79. The van der Waals surface area contributed by atoms with E-state index < -0.39 is 0 Å². The molecule has 0 nitrogen and oxygen atoms in total. The average Bonchev–Trinajstić information content (AvgIpc) is 2.57. The Labute approximate surface area is 132 Å². The molecule has 0 spiro atoms. The maximum Gasteiger partial charge on any atom is 0.123 e. The summed E-state index contributed by atoms with van der Waals surface area (Å²) in [5.41, 5.74) is 1.50. The van der Waals surface area contributed by atoms with Gasteiger partial charge in [0.25, 0.3) is 0 Å². The Morgan fingerprint density at radius 3 is 2.09 bits per heavy atom. The molecule has 0 fully saturated rings. The van der Waals surface area contributed by atoms with Gasteiger partial charge in [0.1, 0.15) is 5.82 Å². The van der Waals surface area contributed by atoms with E-state index in [4.69, 9.17) is 0 Å².